The van der Waals surface area contributed by atoms with Crippen LogP contribution in [-0.4, -0.2) is 29.8 Å². The topological polar surface area (TPSA) is 75.6 Å². The maximum atomic E-state index is 12.7. The van der Waals surface area contributed by atoms with Gasteiger partial charge in [0.05, 0.1) is 6.42 Å². The number of fused-ring (bicyclic) bond motifs is 4. The van der Waals surface area contributed by atoms with E-state index in [0.717, 1.165) is 29.5 Å². The Morgan fingerprint density at radius 1 is 0.912 bits per heavy atom. The normalized spacial score (nSPS) is 15.1. The first-order chi connectivity index (χ1) is 16.6. The first-order valence-corrected chi connectivity index (χ1v) is 12.0. The minimum Gasteiger partial charge on any atom is -0.481 e. The smallest absolute Gasteiger partial charge is 0.407 e. The minimum absolute atomic E-state index is 0.0308. The van der Waals surface area contributed by atoms with E-state index in [-0.39, 0.29) is 18.9 Å². The van der Waals surface area contributed by atoms with Crippen molar-refractivity contribution in [3.05, 3.63) is 94.5 Å². The molecular weight excluding hydrogens is 426 g/mol. The standard InChI is InChI=1S/C29H29NO4/c31-28(32)17-22(16-19-13-14-20-7-1-2-8-21(20)15-19)30-29(33)34-18-27-25-11-5-3-9-23(25)24-10-4-6-12-26(24)27/h3-6,9-15,22,27H,1-2,7-8,16-18H2,(H,30,33)(H,31,32)/t22-/m1/s1. The first-order valence-electron chi connectivity index (χ1n) is 12.0. The van der Waals surface area contributed by atoms with Gasteiger partial charge in [-0.25, -0.2) is 4.79 Å². The molecule has 2 N–H and O–H groups in total. The summed E-state index contributed by atoms with van der Waals surface area (Å²) in [5.74, 6) is -0.973. The second-order valence-electron chi connectivity index (χ2n) is 9.28. The lowest BCUT2D eigenvalue weighted by Crippen LogP contribution is -2.39. The van der Waals surface area contributed by atoms with Crippen molar-refractivity contribution in [2.24, 2.45) is 0 Å². The Bertz CT molecular complexity index is 1170. The van der Waals surface area contributed by atoms with Crippen LogP contribution in [0.4, 0.5) is 4.79 Å². The van der Waals surface area contributed by atoms with E-state index < -0.39 is 18.1 Å². The van der Waals surface area contributed by atoms with E-state index in [1.54, 1.807) is 0 Å². The van der Waals surface area contributed by atoms with E-state index in [1.807, 2.05) is 24.3 Å². The number of hydrogen-bond donors (Lipinski definition) is 2. The number of carbonyl (C=O) groups excluding carboxylic acids is 1. The van der Waals surface area contributed by atoms with Crippen LogP contribution in [0.3, 0.4) is 0 Å². The summed E-state index contributed by atoms with van der Waals surface area (Å²) >= 11 is 0. The summed E-state index contributed by atoms with van der Waals surface area (Å²) in [4.78, 5) is 24.2. The zero-order chi connectivity index (χ0) is 23.5. The van der Waals surface area contributed by atoms with Gasteiger partial charge < -0.3 is 15.2 Å². The highest BCUT2D eigenvalue weighted by atomic mass is 16.5. The lowest BCUT2D eigenvalue weighted by molar-refractivity contribution is -0.137. The molecule has 0 saturated heterocycles. The maximum Gasteiger partial charge on any atom is 0.407 e. The molecular formula is C29H29NO4. The second kappa shape index (κ2) is 9.72. The highest BCUT2D eigenvalue weighted by molar-refractivity contribution is 5.79. The van der Waals surface area contributed by atoms with E-state index in [2.05, 4.69) is 47.8 Å². The minimum atomic E-state index is -0.943. The number of rotatable bonds is 7. The van der Waals surface area contributed by atoms with Crippen LogP contribution in [0.15, 0.2) is 66.7 Å². The molecule has 0 saturated carbocycles. The molecule has 0 bridgehead atoms. The molecule has 0 fully saturated rings. The Morgan fingerprint density at radius 3 is 2.24 bits per heavy atom. The summed E-state index contributed by atoms with van der Waals surface area (Å²) in [6, 6.07) is 22.2. The largest absolute Gasteiger partial charge is 0.481 e. The Morgan fingerprint density at radius 2 is 1.56 bits per heavy atom. The van der Waals surface area contributed by atoms with Gasteiger partial charge in [-0.05, 0) is 71.0 Å². The first kappa shape index (κ1) is 22.2. The van der Waals surface area contributed by atoms with Crippen molar-refractivity contribution < 1.29 is 19.4 Å². The number of alkyl carbamates (subject to hydrolysis) is 1. The summed E-state index contributed by atoms with van der Waals surface area (Å²) in [6.45, 7) is 0.207. The summed E-state index contributed by atoms with van der Waals surface area (Å²) in [6.07, 6.45) is 4.31. The van der Waals surface area contributed by atoms with Crippen LogP contribution >= 0.6 is 0 Å². The van der Waals surface area contributed by atoms with Crippen LogP contribution < -0.4 is 5.32 Å². The Balaban J connectivity index is 1.25. The highest BCUT2D eigenvalue weighted by Gasteiger charge is 2.29. The summed E-state index contributed by atoms with van der Waals surface area (Å²) in [7, 11) is 0. The molecule has 0 unspecified atom stereocenters. The van der Waals surface area contributed by atoms with E-state index >= 15 is 0 Å². The van der Waals surface area contributed by atoms with Crippen LogP contribution in [0.2, 0.25) is 0 Å². The molecule has 5 heteroatoms. The molecule has 2 aliphatic carbocycles. The SMILES string of the molecule is O=C(O)C[C@@H](Cc1ccc2c(c1)CCCC2)NC(=O)OCC1c2ccccc2-c2ccccc21. The number of carboxylic acid groups (broad SMARTS) is 1. The molecule has 0 radical (unpaired) electrons. The predicted molar refractivity (Wildman–Crippen MR) is 131 cm³/mol. The molecule has 1 amide bonds. The molecule has 0 aromatic heterocycles. The molecule has 0 heterocycles. The highest BCUT2D eigenvalue weighted by Crippen LogP contribution is 2.44. The zero-order valence-corrected chi connectivity index (χ0v) is 19.1. The molecule has 1 atom stereocenters. The summed E-state index contributed by atoms with van der Waals surface area (Å²) in [5, 5.41) is 12.2. The lowest BCUT2D eigenvalue weighted by Gasteiger charge is -2.21. The van der Waals surface area contributed by atoms with Gasteiger partial charge in [-0.15, -0.1) is 0 Å². The van der Waals surface area contributed by atoms with Gasteiger partial charge in [0.15, 0.2) is 0 Å². The molecule has 3 aromatic rings. The second-order valence-corrected chi connectivity index (χ2v) is 9.28. The quantitative estimate of drug-likeness (QED) is 0.494. The van der Waals surface area contributed by atoms with Crippen molar-refractivity contribution in [1.82, 2.24) is 5.32 Å². The van der Waals surface area contributed by atoms with Crippen molar-refractivity contribution in [3.8, 4) is 11.1 Å². The zero-order valence-electron chi connectivity index (χ0n) is 19.1. The third-order valence-electron chi connectivity index (χ3n) is 6.98. The molecule has 0 spiro atoms. The number of ether oxygens (including phenoxy) is 1. The predicted octanol–water partition coefficient (Wildman–Crippen LogP) is 5.49. The van der Waals surface area contributed by atoms with Crippen LogP contribution in [0.1, 0.15) is 53.0 Å². The summed E-state index contributed by atoms with van der Waals surface area (Å²) in [5.41, 5.74) is 8.41. The number of nitrogens with one attached hydrogen (secondary N) is 1. The summed E-state index contributed by atoms with van der Waals surface area (Å²) < 4.78 is 5.64. The molecule has 5 nitrogen and oxygen atoms in total. The number of carbonyl (C=O) groups is 2. The Labute approximate surface area is 199 Å². The van der Waals surface area contributed by atoms with E-state index in [4.69, 9.17) is 4.74 Å². The average molecular weight is 456 g/mol. The number of benzene rings is 3. The fourth-order valence-corrected chi connectivity index (χ4v) is 5.39. The molecule has 174 valence electrons. The van der Waals surface area contributed by atoms with Crippen molar-refractivity contribution in [3.63, 3.8) is 0 Å². The fraction of sp³-hybridized carbons (Fsp3) is 0.310. The van der Waals surface area contributed by atoms with Crippen molar-refractivity contribution in [2.45, 2.75) is 50.5 Å². The number of aryl methyl sites for hydroxylation is 2. The van der Waals surface area contributed by atoms with Crippen LogP contribution in [-0.2, 0) is 28.8 Å². The fourth-order valence-electron chi connectivity index (χ4n) is 5.39. The Hall–Kier alpha value is -3.60. The van der Waals surface area contributed by atoms with E-state index in [0.29, 0.717) is 6.42 Å². The maximum absolute atomic E-state index is 12.7. The monoisotopic (exact) mass is 455 g/mol. The van der Waals surface area contributed by atoms with Crippen LogP contribution in [0.25, 0.3) is 11.1 Å². The van der Waals surface area contributed by atoms with Gasteiger partial charge in [0.2, 0.25) is 0 Å². The van der Waals surface area contributed by atoms with Gasteiger partial charge in [0.25, 0.3) is 0 Å². The number of amides is 1. The third-order valence-corrected chi connectivity index (χ3v) is 6.98. The van der Waals surface area contributed by atoms with Crippen molar-refractivity contribution in [1.29, 1.82) is 0 Å². The van der Waals surface area contributed by atoms with Gasteiger partial charge in [0, 0.05) is 12.0 Å². The third kappa shape index (κ3) is 4.69. The lowest BCUT2D eigenvalue weighted by atomic mass is 9.89. The van der Waals surface area contributed by atoms with Gasteiger partial charge in [-0.1, -0.05) is 66.7 Å². The van der Waals surface area contributed by atoms with Gasteiger partial charge in [-0.2, -0.15) is 0 Å². The van der Waals surface area contributed by atoms with Crippen molar-refractivity contribution >= 4 is 12.1 Å². The molecule has 0 aliphatic heterocycles. The molecule has 5 rings (SSSR count). The van der Waals surface area contributed by atoms with E-state index in [1.165, 1.54) is 35.1 Å². The number of hydrogen-bond acceptors (Lipinski definition) is 3. The van der Waals surface area contributed by atoms with Crippen LogP contribution in [0, 0.1) is 0 Å². The number of carboxylic acids is 1. The number of aliphatic carboxylic acids is 1. The van der Waals surface area contributed by atoms with Gasteiger partial charge in [0.1, 0.15) is 6.61 Å². The van der Waals surface area contributed by atoms with Crippen LogP contribution in [0.5, 0.6) is 0 Å². The van der Waals surface area contributed by atoms with E-state index in [9.17, 15) is 14.7 Å². The average Bonchev–Trinajstić information content (AvgIpc) is 3.16. The molecule has 2 aliphatic rings. The van der Waals surface area contributed by atoms with Crippen molar-refractivity contribution in [2.75, 3.05) is 6.61 Å². The Kier molecular flexibility index (Phi) is 6.35. The van der Waals surface area contributed by atoms with Gasteiger partial charge in [-0.3, -0.25) is 4.79 Å². The molecule has 3 aromatic carbocycles. The molecule has 34 heavy (non-hydrogen) atoms. The van der Waals surface area contributed by atoms with Gasteiger partial charge >= 0.3 is 12.1 Å².